The molecule has 0 aromatic carbocycles. The van der Waals surface area contributed by atoms with Gasteiger partial charge in [0.05, 0.1) is 6.10 Å². The van der Waals surface area contributed by atoms with Crippen LogP contribution >= 0.6 is 11.8 Å². The first kappa shape index (κ1) is 27.9. The highest BCUT2D eigenvalue weighted by molar-refractivity contribution is 8.13. The Morgan fingerprint density at radius 1 is 1.24 bits per heavy atom. The molecule has 0 aromatic rings. The molecule has 38 heavy (non-hydrogen) atoms. The summed E-state index contributed by atoms with van der Waals surface area (Å²) in [5, 5.41) is 10.9. The zero-order valence-electron chi connectivity index (χ0n) is 22.1. The van der Waals surface area contributed by atoms with E-state index >= 15 is 8.78 Å². The second-order valence-corrected chi connectivity index (χ2v) is 13.2. The van der Waals surface area contributed by atoms with Gasteiger partial charge in [-0.25, -0.2) is 18.0 Å². The number of carbonyl (C=O) groups is 3. The van der Waals surface area contributed by atoms with Crippen LogP contribution in [0.1, 0.15) is 59.8 Å². The number of alkyl halides is 3. The minimum Gasteiger partial charge on any atom is -0.447 e. The van der Waals surface area contributed by atoms with E-state index in [1.165, 1.54) is 19.1 Å². The Labute approximate surface area is 224 Å². The lowest BCUT2D eigenvalue weighted by Crippen LogP contribution is -2.71. The van der Waals surface area contributed by atoms with E-state index in [4.69, 9.17) is 9.47 Å². The van der Waals surface area contributed by atoms with E-state index in [-0.39, 0.29) is 24.8 Å². The van der Waals surface area contributed by atoms with Crippen LogP contribution in [0.15, 0.2) is 23.8 Å². The molecule has 6 nitrogen and oxygen atoms in total. The van der Waals surface area contributed by atoms with Gasteiger partial charge in [0.2, 0.25) is 5.12 Å². The molecule has 5 rings (SSSR count). The summed E-state index contributed by atoms with van der Waals surface area (Å²) in [5.41, 5.74) is -8.35. The van der Waals surface area contributed by atoms with Gasteiger partial charge in [0.1, 0.15) is 12.2 Å². The van der Waals surface area contributed by atoms with Crippen LogP contribution in [-0.2, 0) is 23.9 Å². The van der Waals surface area contributed by atoms with E-state index < -0.39 is 80.6 Å². The fourth-order valence-electron chi connectivity index (χ4n) is 8.57. The summed E-state index contributed by atoms with van der Waals surface area (Å²) < 4.78 is 58.5. The van der Waals surface area contributed by atoms with Crippen LogP contribution in [0.2, 0.25) is 0 Å². The maximum atomic E-state index is 17.4. The Balaban J connectivity index is 1.62. The van der Waals surface area contributed by atoms with Crippen molar-refractivity contribution in [2.24, 2.45) is 28.6 Å². The molecule has 4 fully saturated rings. The fraction of sp³-hybridized carbons (Fsp3) is 0.750. The largest absolute Gasteiger partial charge is 0.447 e. The van der Waals surface area contributed by atoms with Crippen molar-refractivity contribution in [2.75, 3.05) is 12.6 Å². The molecule has 1 N–H and O–H groups in total. The van der Waals surface area contributed by atoms with Gasteiger partial charge >= 0.3 is 5.97 Å². The van der Waals surface area contributed by atoms with Crippen LogP contribution in [0.5, 0.6) is 0 Å². The molecular weight excluding hydrogens is 521 g/mol. The Bertz CT molecular complexity index is 1120. The zero-order chi connectivity index (χ0) is 27.9. The second kappa shape index (κ2) is 8.93. The van der Waals surface area contributed by atoms with Gasteiger partial charge in [-0.05, 0) is 81.4 Å². The average Bonchev–Trinajstić information content (AvgIpc) is 3.39. The third kappa shape index (κ3) is 3.38. The molecule has 0 spiro atoms. The van der Waals surface area contributed by atoms with Gasteiger partial charge in [-0.2, -0.15) is 0 Å². The first-order chi connectivity index (χ1) is 17.7. The molecule has 10 atom stereocenters. The molecule has 5 unspecified atom stereocenters. The Kier molecular flexibility index (Phi) is 6.56. The van der Waals surface area contributed by atoms with Crippen molar-refractivity contribution in [2.45, 2.75) is 88.9 Å². The Morgan fingerprint density at radius 2 is 1.95 bits per heavy atom. The summed E-state index contributed by atoms with van der Waals surface area (Å²) in [6.07, 6.45) is 1.05. The average molecular weight is 557 g/mol. The molecule has 1 saturated heterocycles. The minimum atomic E-state index is -2.33. The molecule has 4 aliphatic carbocycles. The maximum absolute atomic E-state index is 17.4. The number of ether oxygens (including phenoxy) is 2. The molecule has 0 radical (unpaired) electrons. The molecular formula is C28H35F3O6S. The Hall–Kier alpha value is -1.65. The number of carbonyl (C=O) groups excluding carboxylic acids is 3. The summed E-state index contributed by atoms with van der Waals surface area (Å²) in [4.78, 5) is 39.3. The molecule has 0 amide bonds. The topological polar surface area (TPSA) is 89.9 Å². The third-order valence-corrected chi connectivity index (χ3v) is 11.2. The highest BCUT2D eigenvalue weighted by Crippen LogP contribution is 2.72. The van der Waals surface area contributed by atoms with Crippen molar-refractivity contribution >= 4 is 28.6 Å². The van der Waals surface area contributed by atoms with Crippen molar-refractivity contribution in [3.8, 4) is 0 Å². The number of ketones is 1. The lowest BCUT2D eigenvalue weighted by molar-refractivity contribution is -0.233. The summed E-state index contributed by atoms with van der Waals surface area (Å²) in [6, 6.07) is -1.05. The lowest BCUT2D eigenvalue weighted by Gasteiger charge is -2.63. The number of hydrogen-bond donors (Lipinski definition) is 1. The number of fused-ring (bicyclic) bond motifs is 5. The molecule has 210 valence electrons. The van der Waals surface area contributed by atoms with Gasteiger partial charge in [-0.15, -0.1) is 0 Å². The van der Waals surface area contributed by atoms with Gasteiger partial charge < -0.3 is 14.6 Å². The number of aliphatic hydroxyl groups excluding tert-OH is 1. The maximum Gasteiger partial charge on any atom is 0.339 e. The quantitative estimate of drug-likeness (QED) is 0.507. The lowest BCUT2D eigenvalue weighted by atomic mass is 9.44. The van der Waals surface area contributed by atoms with Crippen LogP contribution in [0.25, 0.3) is 0 Å². The van der Waals surface area contributed by atoms with Gasteiger partial charge in [0.25, 0.3) is 0 Å². The fourth-order valence-corrected chi connectivity index (χ4v) is 9.36. The van der Waals surface area contributed by atoms with Gasteiger partial charge in [-0.1, -0.05) is 19.9 Å². The first-order valence-electron chi connectivity index (χ1n) is 13.3. The minimum absolute atomic E-state index is 0.00510. The first-order valence-corrected chi connectivity index (χ1v) is 14.3. The standard InChI is InChI=1S/C28H35F3O6S/c1-15-10-17-18-12-20(30)19-11-16(32)6-8-24(19,2)27(18,31)21(33)13-25(17,3)28(15,23(35)38-14-29)37-22(34)26(4)7-5-9-36-26/h6,8,11,15,17-18,20-21,33H,5,7,9-10,12-14H2,1-4H3/t15?,17-,18-,20?,21?,24-,25-,26+,27?,28?/m0/s1. The highest BCUT2D eigenvalue weighted by Gasteiger charge is 2.78. The van der Waals surface area contributed by atoms with Crippen molar-refractivity contribution in [3.63, 3.8) is 0 Å². The number of rotatable bonds is 4. The van der Waals surface area contributed by atoms with Gasteiger partial charge in [0, 0.05) is 29.3 Å². The molecule has 3 saturated carbocycles. The van der Waals surface area contributed by atoms with Crippen molar-refractivity contribution < 1.29 is 42.1 Å². The van der Waals surface area contributed by atoms with E-state index in [9.17, 15) is 23.9 Å². The van der Waals surface area contributed by atoms with Gasteiger partial charge in [-0.3, -0.25) is 9.59 Å². The van der Waals surface area contributed by atoms with Crippen LogP contribution in [-0.4, -0.2) is 63.7 Å². The predicted molar refractivity (Wildman–Crippen MR) is 134 cm³/mol. The van der Waals surface area contributed by atoms with E-state index in [1.807, 2.05) is 0 Å². The van der Waals surface area contributed by atoms with E-state index in [0.29, 0.717) is 31.2 Å². The summed E-state index contributed by atoms with van der Waals surface area (Å²) in [7, 11) is 0. The summed E-state index contributed by atoms with van der Waals surface area (Å²) >= 11 is 0.386. The monoisotopic (exact) mass is 556 g/mol. The van der Waals surface area contributed by atoms with Crippen LogP contribution in [0.4, 0.5) is 13.2 Å². The number of allylic oxidation sites excluding steroid dienone is 4. The number of halogens is 3. The van der Waals surface area contributed by atoms with E-state index in [1.54, 1.807) is 20.8 Å². The van der Waals surface area contributed by atoms with Crippen LogP contribution in [0.3, 0.4) is 0 Å². The third-order valence-electron chi connectivity index (χ3n) is 10.6. The molecule has 1 aliphatic heterocycles. The second-order valence-electron chi connectivity index (χ2n) is 12.3. The van der Waals surface area contributed by atoms with E-state index in [2.05, 4.69) is 0 Å². The molecule has 10 heteroatoms. The SMILES string of the molecule is CC1C[C@H]2[C@@H]3CC(F)C4=CC(=O)C=C[C@]4(C)C3(F)C(O)C[C@]2(C)C1(OC(=O)[C@@]1(C)CCCO1)C(=O)SCF. The normalized spacial score (nSPS) is 49.6. The summed E-state index contributed by atoms with van der Waals surface area (Å²) in [6.45, 7) is 6.83. The van der Waals surface area contributed by atoms with E-state index in [0.717, 1.165) is 6.08 Å². The molecule has 1 heterocycles. The highest BCUT2D eigenvalue weighted by atomic mass is 32.2. The van der Waals surface area contributed by atoms with Gasteiger partial charge in [0.15, 0.2) is 22.7 Å². The van der Waals surface area contributed by atoms with Crippen molar-refractivity contribution in [3.05, 3.63) is 23.8 Å². The number of aliphatic hydroxyl groups is 1. The number of hydrogen-bond acceptors (Lipinski definition) is 7. The molecule has 0 aromatic heterocycles. The smallest absolute Gasteiger partial charge is 0.339 e. The number of esters is 1. The van der Waals surface area contributed by atoms with Crippen LogP contribution in [0, 0.1) is 28.6 Å². The predicted octanol–water partition coefficient (Wildman–Crippen LogP) is 4.59. The Morgan fingerprint density at radius 3 is 2.58 bits per heavy atom. The molecule has 5 aliphatic rings. The van der Waals surface area contributed by atoms with Crippen molar-refractivity contribution in [1.82, 2.24) is 0 Å². The molecule has 0 bridgehead atoms. The van der Waals surface area contributed by atoms with Crippen LogP contribution < -0.4 is 0 Å². The van der Waals surface area contributed by atoms with Crippen molar-refractivity contribution in [1.29, 1.82) is 0 Å². The zero-order valence-corrected chi connectivity index (χ0v) is 22.9. The summed E-state index contributed by atoms with van der Waals surface area (Å²) in [5.74, 6) is -3.55. The number of thioether (sulfide) groups is 1.